The smallest absolute Gasteiger partial charge is 0.113 e. The van der Waals surface area contributed by atoms with Gasteiger partial charge in [-0.05, 0) is 55.4 Å². The van der Waals surface area contributed by atoms with Crippen molar-refractivity contribution in [3.63, 3.8) is 0 Å². The van der Waals surface area contributed by atoms with E-state index in [1.54, 1.807) is 5.57 Å². The van der Waals surface area contributed by atoms with Crippen molar-refractivity contribution in [1.82, 2.24) is 15.0 Å². The first-order valence-corrected chi connectivity index (χ1v) is 9.09. The summed E-state index contributed by atoms with van der Waals surface area (Å²) in [6.45, 7) is 2.28. The number of aromatic nitrogens is 3. The second-order valence-electron chi connectivity index (χ2n) is 6.68. The van der Waals surface area contributed by atoms with Crippen LogP contribution in [0.4, 0.5) is 0 Å². The van der Waals surface area contributed by atoms with Gasteiger partial charge in [-0.2, -0.15) is 0 Å². The van der Waals surface area contributed by atoms with E-state index in [4.69, 9.17) is 0 Å². The molecular formula is C22H23N3. The number of hydrogen-bond acceptors (Lipinski definition) is 2. The molecule has 0 N–H and O–H groups in total. The molecule has 1 aliphatic carbocycles. The van der Waals surface area contributed by atoms with Crippen molar-refractivity contribution in [2.75, 3.05) is 0 Å². The molecule has 1 heterocycles. The Balaban J connectivity index is 1.57. The lowest BCUT2D eigenvalue weighted by molar-refractivity contribution is 0.561. The number of para-hydroxylation sites is 1. The highest BCUT2D eigenvalue weighted by atomic mass is 15.4. The van der Waals surface area contributed by atoms with Gasteiger partial charge in [0.1, 0.15) is 5.52 Å². The number of rotatable bonds is 5. The summed E-state index contributed by atoms with van der Waals surface area (Å²) in [6, 6.07) is 18.9. The molecule has 0 radical (unpaired) electrons. The molecule has 0 fully saturated rings. The first-order chi connectivity index (χ1) is 12.3. The molecule has 0 saturated heterocycles. The van der Waals surface area contributed by atoms with Crippen LogP contribution in [0.15, 0.2) is 72.3 Å². The molecular weight excluding hydrogens is 306 g/mol. The van der Waals surface area contributed by atoms with Crippen LogP contribution >= 0.6 is 0 Å². The summed E-state index contributed by atoms with van der Waals surface area (Å²) in [6.07, 6.45) is 8.97. The third-order valence-electron chi connectivity index (χ3n) is 5.13. The maximum absolute atomic E-state index is 4.38. The van der Waals surface area contributed by atoms with Crippen LogP contribution in [-0.4, -0.2) is 15.0 Å². The molecule has 0 aliphatic heterocycles. The van der Waals surface area contributed by atoms with E-state index in [-0.39, 0.29) is 0 Å². The summed E-state index contributed by atoms with van der Waals surface area (Å²) < 4.78 is 2.00. The highest BCUT2D eigenvalue weighted by Crippen LogP contribution is 2.33. The summed E-state index contributed by atoms with van der Waals surface area (Å²) in [7, 11) is 0. The Morgan fingerprint density at radius 2 is 1.76 bits per heavy atom. The van der Waals surface area contributed by atoms with Gasteiger partial charge in [0.15, 0.2) is 0 Å². The van der Waals surface area contributed by atoms with Crippen LogP contribution in [0.25, 0.3) is 16.7 Å². The Hall–Kier alpha value is -2.68. The van der Waals surface area contributed by atoms with Crippen molar-refractivity contribution in [2.45, 2.75) is 32.6 Å². The number of aryl methyl sites for hydroxylation is 1. The fraction of sp³-hybridized carbons (Fsp3) is 0.273. The second-order valence-corrected chi connectivity index (χ2v) is 6.68. The van der Waals surface area contributed by atoms with Gasteiger partial charge in [-0.1, -0.05) is 66.3 Å². The highest BCUT2D eigenvalue weighted by Gasteiger charge is 2.20. The van der Waals surface area contributed by atoms with Crippen LogP contribution in [-0.2, 0) is 6.42 Å². The molecule has 2 aromatic carbocycles. The number of nitrogens with zero attached hydrogens (tertiary/aromatic N) is 3. The van der Waals surface area contributed by atoms with Gasteiger partial charge in [0, 0.05) is 5.70 Å². The molecule has 0 bridgehead atoms. The Kier molecular flexibility index (Phi) is 4.47. The zero-order valence-corrected chi connectivity index (χ0v) is 14.6. The van der Waals surface area contributed by atoms with Crippen LogP contribution in [0, 0.1) is 5.92 Å². The predicted octanol–water partition coefficient (Wildman–Crippen LogP) is 5.26. The lowest BCUT2D eigenvalue weighted by Crippen LogP contribution is -2.13. The molecule has 1 aliphatic rings. The van der Waals surface area contributed by atoms with Gasteiger partial charge in [0.05, 0.1) is 5.52 Å². The minimum absolute atomic E-state index is 0.590. The highest BCUT2D eigenvalue weighted by molar-refractivity contribution is 5.78. The van der Waals surface area contributed by atoms with Gasteiger partial charge >= 0.3 is 0 Å². The molecule has 3 nitrogen and oxygen atoms in total. The Labute approximate surface area is 148 Å². The largest absolute Gasteiger partial charge is 0.217 e. The van der Waals surface area contributed by atoms with Crippen LogP contribution in [0.2, 0.25) is 0 Å². The molecule has 0 amide bonds. The summed E-state index contributed by atoms with van der Waals surface area (Å²) in [5.74, 6) is 0.590. The maximum Gasteiger partial charge on any atom is 0.113 e. The molecule has 1 atom stereocenters. The van der Waals surface area contributed by atoms with E-state index >= 15 is 0 Å². The van der Waals surface area contributed by atoms with Crippen LogP contribution < -0.4 is 0 Å². The SMILES string of the molecule is CCC1CC(n2nnc3ccccc32)=CC=C1CCc1ccccc1. The lowest BCUT2D eigenvalue weighted by Gasteiger charge is -2.24. The summed E-state index contributed by atoms with van der Waals surface area (Å²) >= 11 is 0. The standard InChI is InChI=1S/C22H23N3/c1-2-18-16-20(25-22-11-7-6-10-21(22)23-24-25)15-14-19(18)13-12-17-8-4-3-5-9-17/h3-11,14-15,18H,2,12-13,16H2,1H3. The quantitative estimate of drug-likeness (QED) is 0.639. The molecule has 3 heteroatoms. The van der Waals surface area contributed by atoms with Crippen LogP contribution in [0.5, 0.6) is 0 Å². The molecule has 1 unspecified atom stereocenters. The minimum atomic E-state index is 0.590. The van der Waals surface area contributed by atoms with E-state index in [1.807, 2.05) is 22.9 Å². The first-order valence-electron chi connectivity index (χ1n) is 9.09. The van der Waals surface area contributed by atoms with Crippen molar-refractivity contribution in [2.24, 2.45) is 5.92 Å². The second kappa shape index (κ2) is 7.06. The molecule has 1 aromatic heterocycles. The van der Waals surface area contributed by atoms with Gasteiger partial charge in [0.25, 0.3) is 0 Å². The fourth-order valence-corrected chi connectivity index (χ4v) is 3.66. The van der Waals surface area contributed by atoms with E-state index in [0.717, 1.165) is 36.7 Å². The van der Waals surface area contributed by atoms with E-state index < -0.39 is 0 Å². The normalized spacial score (nSPS) is 17.4. The van der Waals surface area contributed by atoms with Crippen molar-refractivity contribution in [1.29, 1.82) is 0 Å². The average Bonchev–Trinajstić information content (AvgIpc) is 3.11. The Morgan fingerprint density at radius 1 is 0.960 bits per heavy atom. The third-order valence-corrected chi connectivity index (χ3v) is 5.13. The van der Waals surface area contributed by atoms with Gasteiger partial charge < -0.3 is 0 Å². The molecule has 0 saturated carbocycles. The zero-order valence-electron chi connectivity index (χ0n) is 14.6. The molecule has 25 heavy (non-hydrogen) atoms. The molecule has 4 rings (SSSR count). The van der Waals surface area contributed by atoms with Crippen molar-refractivity contribution >= 4 is 16.7 Å². The topological polar surface area (TPSA) is 30.7 Å². The number of benzene rings is 2. The molecule has 126 valence electrons. The van der Waals surface area contributed by atoms with E-state index in [2.05, 4.69) is 65.8 Å². The maximum atomic E-state index is 4.38. The van der Waals surface area contributed by atoms with Crippen molar-refractivity contribution in [3.05, 3.63) is 77.9 Å². The van der Waals surface area contributed by atoms with Gasteiger partial charge in [-0.3, -0.25) is 0 Å². The summed E-state index contributed by atoms with van der Waals surface area (Å²) in [4.78, 5) is 0. The molecule has 0 spiro atoms. The van der Waals surface area contributed by atoms with Crippen LogP contribution in [0.1, 0.15) is 31.7 Å². The summed E-state index contributed by atoms with van der Waals surface area (Å²) in [5.41, 5.74) is 6.25. The van der Waals surface area contributed by atoms with Crippen LogP contribution in [0.3, 0.4) is 0 Å². The Morgan fingerprint density at radius 3 is 2.60 bits per heavy atom. The van der Waals surface area contributed by atoms with Crippen molar-refractivity contribution in [3.8, 4) is 0 Å². The van der Waals surface area contributed by atoms with Crippen molar-refractivity contribution < 1.29 is 0 Å². The average molecular weight is 329 g/mol. The lowest BCUT2D eigenvalue weighted by atomic mass is 9.84. The number of hydrogen-bond donors (Lipinski definition) is 0. The van der Waals surface area contributed by atoms with Gasteiger partial charge in [-0.15, -0.1) is 5.10 Å². The first kappa shape index (κ1) is 15.8. The Bertz CT molecular complexity index is 919. The predicted molar refractivity (Wildman–Crippen MR) is 103 cm³/mol. The number of fused-ring (bicyclic) bond motifs is 1. The van der Waals surface area contributed by atoms with Gasteiger partial charge in [0.2, 0.25) is 0 Å². The summed E-state index contributed by atoms with van der Waals surface area (Å²) in [5, 5.41) is 8.67. The van der Waals surface area contributed by atoms with E-state index in [1.165, 1.54) is 11.3 Å². The minimum Gasteiger partial charge on any atom is -0.217 e. The molecule has 3 aromatic rings. The van der Waals surface area contributed by atoms with E-state index in [0.29, 0.717) is 5.92 Å². The monoisotopic (exact) mass is 329 g/mol. The zero-order chi connectivity index (χ0) is 17.1. The van der Waals surface area contributed by atoms with E-state index in [9.17, 15) is 0 Å². The third kappa shape index (κ3) is 3.27. The van der Waals surface area contributed by atoms with Gasteiger partial charge in [-0.25, -0.2) is 4.68 Å². The fourth-order valence-electron chi connectivity index (χ4n) is 3.66. The number of allylic oxidation sites excluding steroid dienone is 4.